The summed E-state index contributed by atoms with van der Waals surface area (Å²) in [6.07, 6.45) is 4.10. The number of anilines is 1. The Balaban J connectivity index is 1.75. The lowest BCUT2D eigenvalue weighted by atomic mass is 10.0. The van der Waals surface area contributed by atoms with Crippen molar-refractivity contribution in [3.63, 3.8) is 0 Å². The van der Waals surface area contributed by atoms with Crippen molar-refractivity contribution in [3.8, 4) is 0 Å². The van der Waals surface area contributed by atoms with Crippen LogP contribution in [0.2, 0.25) is 0 Å². The summed E-state index contributed by atoms with van der Waals surface area (Å²) in [6.45, 7) is 4.15. The SMILES string of the molecule is CSCc1nc2ccccc2n1CC(=O)NC(CC(C)C)C(=O)Nc1ccn[nH]1. The fraction of sp³-hybridized carbons (Fsp3) is 0.400. The van der Waals surface area contributed by atoms with Crippen LogP contribution in [0.4, 0.5) is 5.82 Å². The molecule has 9 heteroatoms. The molecule has 0 spiro atoms. The van der Waals surface area contributed by atoms with Crippen LogP contribution in [-0.2, 0) is 21.9 Å². The maximum Gasteiger partial charge on any atom is 0.248 e. The number of H-pyrrole nitrogens is 1. The lowest BCUT2D eigenvalue weighted by Gasteiger charge is -2.20. The van der Waals surface area contributed by atoms with Gasteiger partial charge in [0.15, 0.2) is 0 Å². The highest BCUT2D eigenvalue weighted by Crippen LogP contribution is 2.19. The van der Waals surface area contributed by atoms with Gasteiger partial charge < -0.3 is 15.2 Å². The minimum absolute atomic E-state index is 0.113. The molecule has 8 nitrogen and oxygen atoms in total. The third-order valence-electron chi connectivity index (χ3n) is 4.43. The quantitative estimate of drug-likeness (QED) is 0.499. The number of hydrogen-bond donors (Lipinski definition) is 3. The highest BCUT2D eigenvalue weighted by molar-refractivity contribution is 7.97. The Morgan fingerprint density at radius 1 is 1.24 bits per heavy atom. The standard InChI is InChI=1S/C20H26N6O2S/c1-13(2)10-15(20(28)24-17-8-9-21-25-17)23-19(27)11-26-16-7-5-4-6-14(16)22-18(26)12-29-3/h4-9,13,15H,10-12H2,1-3H3,(H,23,27)(H2,21,24,25,28). The summed E-state index contributed by atoms with van der Waals surface area (Å²) in [5.74, 6) is 1.81. The molecule has 0 fully saturated rings. The van der Waals surface area contributed by atoms with Crippen molar-refractivity contribution in [2.24, 2.45) is 5.92 Å². The number of aromatic amines is 1. The van der Waals surface area contributed by atoms with Gasteiger partial charge in [-0.15, -0.1) is 0 Å². The summed E-state index contributed by atoms with van der Waals surface area (Å²) in [5, 5.41) is 12.2. The largest absolute Gasteiger partial charge is 0.343 e. The number of carbonyl (C=O) groups excluding carboxylic acids is 2. The smallest absolute Gasteiger partial charge is 0.248 e. The van der Waals surface area contributed by atoms with E-state index in [2.05, 4.69) is 25.8 Å². The van der Waals surface area contributed by atoms with Crippen LogP contribution in [0, 0.1) is 5.92 Å². The number of amides is 2. The van der Waals surface area contributed by atoms with E-state index in [1.54, 1.807) is 24.0 Å². The third-order valence-corrected chi connectivity index (χ3v) is 4.97. The Bertz CT molecular complexity index is 967. The van der Waals surface area contributed by atoms with Crippen molar-refractivity contribution in [1.29, 1.82) is 0 Å². The van der Waals surface area contributed by atoms with Crippen LogP contribution in [-0.4, -0.2) is 43.9 Å². The van der Waals surface area contributed by atoms with Crippen LogP contribution in [0.25, 0.3) is 11.0 Å². The molecule has 1 atom stereocenters. The highest BCUT2D eigenvalue weighted by atomic mass is 32.2. The number of fused-ring (bicyclic) bond motifs is 1. The second-order valence-electron chi connectivity index (χ2n) is 7.25. The van der Waals surface area contributed by atoms with Crippen LogP contribution < -0.4 is 10.6 Å². The number of imidazole rings is 1. The van der Waals surface area contributed by atoms with Gasteiger partial charge in [0.1, 0.15) is 24.2 Å². The van der Waals surface area contributed by atoms with Gasteiger partial charge in [0, 0.05) is 6.07 Å². The van der Waals surface area contributed by atoms with E-state index in [1.807, 2.05) is 48.9 Å². The molecular weight excluding hydrogens is 388 g/mol. The summed E-state index contributed by atoms with van der Waals surface area (Å²) in [5.41, 5.74) is 1.77. The average molecular weight is 415 g/mol. The summed E-state index contributed by atoms with van der Waals surface area (Å²) in [6, 6.07) is 8.79. The molecule has 29 heavy (non-hydrogen) atoms. The number of aromatic nitrogens is 4. The van der Waals surface area contributed by atoms with E-state index in [9.17, 15) is 9.59 Å². The van der Waals surface area contributed by atoms with E-state index in [-0.39, 0.29) is 24.3 Å². The van der Waals surface area contributed by atoms with Gasteiger partial charge in [0.25, 0.3) is 0 Å². The van der Waals surface area contributed by atoms with Gasteiger partial charge in [-0.05, 0) is 30.7 Å². The normalized spacial score (nSPS) is 12.3. The van der Waals surface area contributed by atoms with Gasteiger partial charge in [-0.2, -0.15) is 16.9 Å². The number of hydrogen-bond acceptors (Lipinski definition) is 5. The molecule has 0 saturated carbocycles. The molecule has 3 rings (SSSR count). The van der Waals surface area contributed by atoms with Crippen molar-refractivity contribution in [1.82, 2.24) is 25.1 Å². The molecule has 0 aliphatic heterocycles. The van der Waals surface area contributed by atoms with Gasteiger partial charge in [0.05, 0.1) is 23.0 Å². The minimum Gasteiger partial charge on any atom is -0.343 e. The number of benzene rings is 1. The molecule has 2 heterocycles. The fourth-order valence-corrected chi connectivity index (χ4v) is 3.65. The van der Waals surface area contributed by atoms with Crippen LogP contribution in [0.15, 0.2) is 36.5 Å². The van der Waals surface area contributed by atoms with Crippen molar-refractivity contribution >= 4 is 40.4 Å². The first-order chi connectivity index (χ1) is 14.0. The Hall–Kier alpha value is -2.81. The molecule has 0 aliphatic rings. The van der Waals surface area contributed by atoms with E-state index in [1.165, 1.54) is 0 Å². The van der Waals surface area contributed by atoms with E-state index < -0.39 is 6.04 Å². The first kappa shape index (κ1) is 20.9. The molecule has 0 radical (unpaired) electrons. The van der Waals surface area contributed by atoms with E-state index >= 15 is 0 Å². The predicted molar refractivity (Wildman–Crippen MR) is 116 cm³/mol. The van der Waals surface area contributed by atoms with E-state index in [0.717, 1.165) is 16.9 Å². The Morgan fingerprint density at radius 2 is 2.03 bits per heavy atom. The summed E-state index contributed by atoms with van der Waals surface area (Å²) in [4.78, 5) is 30.2. The van der Waals surface area contributed by atoms with Crippen LogP contribution in [0.3, 0.4) is 0 Å². The summed E-state index contributed by atoms with van der Waals surface area (Å²) < 4.78 is 1.92. The molecule has 0 bridgehead atoms. The van der Waals surface area contributed by atoms with E-state index in [4.69, 9.17) is 0 Å². The minimum atomic E-state index is -0.635. The van der Waals surface area contributed by atoms with Crippen molar-refractivity contribution < 1.29 is 9.59 Å². The zero-order valence-corrected chi connectivity index (χ0v) is 17.6. The van der Waals surface area contributed by atoms with Gasteiger partial charge in [-0.1, -0.05) is 26.0 Å². The predicted octanol–water partition coefficient (Wildman–Crippen LogP) is 2.79. The molecule has 1 aromatic carbocycles. The average Bonchev–Trinajstić information content (AvgIpc) is 3.30. The summed E-state index contributed by atoms with van der Waals surface area (Å²) in [7, 11) is 0. The zero-order chi connectivity index (χ0) is 20.8. The summed E-state index contributed by atoms with van der Waals surface area (Å²) >= 11 is 1.65. The van der Waals surface area contributed by atoms with Gasteiger partial charge >= 0.3 is 0 Å². The number of para-hydroxylation sites is 2. The Morgan fingerprint density at radius 3 is 2.72 bits per heavy atom. The zero-order valence-electron chi connectivity index (χ0n) is 16.8. The topological polar surface area (TPSA) is 105 Å². The highest BCUT2D eigenvalue weighted by Gasteiger charge is 2.23. The first-order valence-electron chi connectivity index (χ1n) is 9.50. The Kier molecular flexibility index (Phi) is 6.92. The molecule has 1 unspecified atom stereocenters. The van der Waals surface area contributed by atoms with Crippen molar-refractivity contribution in [2.75, 3.05) is 11.6 Å². The third kappa shape index (κ3) is 5.38. The van der Waals surface area contributed by atoms with Crippen molar-refractivity contribution in [3.05, 3.63) is 42.4 Å². The van der Waals surface area contributed by atoms with Crippen LogP contribution in [0.5, 0.6) is 0 Å². The molecule has 3 N–H and O–H groups in total. The monoisotopic (exact) mass is 414 g/mol. The van der Waals surface area contributed by atoms with E-state index in [0.29, 0.717) is 18.0 Å². The van der Waals surface area contributed by atoms with Crippen LogP contribution in [0.1, 0.15) is 26.1 Å². The Labute approximate surface area is 173 Å². The molecule has 3 aromatic rings. The maximum atomic E-state index is 12.8. The number of nitrogens with zero attached hydrogens (tertiary/aromatic N) is 3. The molecule has 2 aromatic heterocycles. The van der Waals surface area contributed by atoms with Gasteiger partial charge in [-0.3, -0.25) is 14.7 Å². The molecule has 0 saturated heterocycles. The van der Waals surface area contributed by atoms with Crippen LogP contribution >= 0.6 is 11.8 Å². The molecule has 0 aliphatic carbocycles. The molecular formula is C20H26N6O2S. The second kappa shape index (κ2) is 9.60. The number of thioether (sulfide) groups is 1. The number of carbonyl (C=O) groups is 2. The second-order valence-corrected chi connectivity index (χ2v) is 8.11. The van der Waals surface area contributed by atoms with Gasteiger partial charge in [0.2, 0.25) is 11.8 Å². The maximum absolute atomic E-state index is 12.8. The number of nitrogens with one attached hydrogen (secondary N) is 3. The molecule has 154 valence electrons. The lowest BCUT2D eigenvalue weighted by molar-refractivity contribution is -0.127. The van der Waals surface area contributed by atoms with Crippen molar-refractivity contribution in [2.45, 2.75) is 38.6 Å². The van der Waals surface area contributed by atoms with Gasteiger partial charge in [-0.25, -0.2) is 4.98 Å². The first-order valence-corrected chi connectivity index (χ1v) is 10.9. The lowest BCUT2D eigenvalue weighted by Crippen LogP contribution is -2.45. The molecule has 2 amide bonds. The number of rotatable bonds is 9. The fourth-order valence-electron chi connectivity index (χ4n) is 3.17.